The van der Waals surface area contributed by atoms with Gasteiger partial charge in [0.15, 0.2) is 0 Å². The molecule has 0 N–H and O–H groups in total. The van der Waals surface area contributed by atoms with Gasteiger partial charge in [0.05, 0.1) is 6.61 Å². The normalized spacial score (nSPS) is 11.0. The monoisotopic (exact) mass is 289 g/mol. The van der Waals surface area contributed by atoms with E-state index in [1.165, 1.54) is 0 Å². The lowest BCUT2D eigenvalue weighted by atomic mass is 10.1. The maximum Gasteiger partial charge on any atom is 0.0637 e. The van der Waals surface area contributed by atoms with Gasteiger partial charge in [0, 0.05) is 36.8 Å². The van der Waals surface area contributed by atoms with E-state index in [4.69, 9.17) is 27.9 Å². The number of nitrogens with zero attached hydrogens (tertiary/aromatic N) is 1. The van der Waals surface area contributed by atoms with Crippen molar-refractivity contribution in [2.24, 2.45) is 5.92 Å². The van der Waals surface area contributed by atoms with E-state index in [9.17, 15) is 0 Å². The molecule has 0 saturated heterocycles. The molecule has 1 aromatic rings. The molecule has 2 nitrogen and oxygen atoms in total. The Morgan fingerprint density at radius 2 is 2.06 bits per heavy atom. The number of benzene rings is 1. The van der Waals surface area contributed by atoms with Crippen molar-refractivity contribution in [2.45, 2.75) is 19.7 Å². The molecule has 0 radical (unpaired) electrons. The predicted octanol–water partition coefficient (Wildman–Crippen LogP) is 4.19. The van der Waals surface area contributed by atoms with Crippen LogP contribution in [0.2, 0.25) is 5.02 Å². The zero-order valence-corrected chi connectivity index (χ0v) is 12.8. The van der Waals surface area contributed by atoms with Crippen molar-refractivity contribution in [1.82, 2.24) is 0 Å². The van der Waals surface area contributed by atoms with E-state index in [0.29, 0.717) is 18.4 Å². The summed E-state index contributed by atoms with van der Waals surface area (Å²) in [5, 5.41) is 0.741. The number of methoxy groups -OCH3 is 1. The van der Waals surface area contributed by atoms with Crippen molar-refractivity contribution in [2.75, 3.05) is 31.7 Å². The van der Waals surface area contributed by atoms with Crippen LogP contribution < -0.4 is 4.90 Å². The molecule has 0 heterocycles. The third-order valence-corrected chi connectivity index (χ3v) is 3.21. The first-order valence-electron chi connectivity index (χ1n) is 6.16. The second kappa shape index (κ2) is 7.88. The van der Waals surface area contributed by atoms with E-state index in [2.05, 4.69) is 18.7 Å². The molecule has 0 unspecified atom stereocenters. The first-order chi connectivity index (χ1) is 8.58. The number of halogens is 2. The van der Waals surface area contributed by atoms with Crippen LogP contribution >= 0.6 is 23.2 Å². The topological polar surface area (TPSA) is 12.5 Å². The molecule has 0 bridgehead atoms. The molecule has 0 saturated carbocycles. The highest BCUT2D eigenvalue weighted by atomic mass is 35.5. The van der Waals surface area contributed by atoms with Crippen LogP contribution in [-0.4, -0.2) is 26.8 Å². The molecular weight excluding hydrogens is 269 g/mol. The van der Waals surface area contributed by atoms with Crippen molar-refractivity contribution in [3.63, 3.8) is 0 Å². The maximum atomic E-state index is 6.09. The Morgan fingerprint density at radius 3 is 2.61 bits per heavy atom. The maximum absolute atomic E-state index is 6.09. The molecule has 0 aromatic heterocycles. The van der Waals surface area contributed by atoms with Gasteiger partial charge in [0.25, 0.3) is 0 Å². The standard InChI is InChI=1S/C14H21Cl2NO/c1-11(2)10-17(6-7-18-3)14-8-13(16)5-4-12(14)9-15/h4-5,8,11H,6-7,9-10H2,1-3H3. The van der Waals surface area contributed by atoms with E-state index in [0.717, 1.165) is 29.4 Å². The van der Waals surface area contributed by atoms with Gasteiger partial charge in [0.1, 0.15) is 0 Å². The minimum Gasteiger partial charge on any atom is -0.383 e. The highest BCUT2D eigenvalue weighted by molar-refractivity contribution is 6.31. The van der Waals surface area contributed by atoms with Crippen LogP contribution in [0.4, 0.5) is 5.69 Å². The first kappa shape index (κ1) is 15.6. The summed E-state index contributed by atoms with van der Waals surface area (Å²) < 4.78 is 5.17. The SMILES string of the molecule is COCCN(CC(C)C)c1cc(Cl)ccc1CCl. The Labute approximate surface area is 120 Å². The fraction of sp³-hybridized carbons (Fsp3) is 0.571. The summed E-state index contributed by atoms with van der Waals surface area (Å²) in [6.07, 6.45) is 0. The zero-order chi connectivity index (χ0) is 13.5. The van der Waals surface area contributed by atoms with Crippen LogP contribution in [-0.2, 0) is 10.6 Å². The second-order valence-electron chi connectivity index (χ2n) is 4.74. The van der Waals surface area contributed by atoms with Crippen LogP contribution in [0.15, 0.2) is 18.2 Å². The second-order valence-corrected chi connectivity index (χ2v) is 5.44. The van der Waals surface area contributed by atoms with Gasteiger partial charge in [-0.2, -0.15) is 0 Å². The molecule has 0 spiro atoms. The molecule has 1 rings (SSSR count). The van der Waals surface area contributed by atoms with Crippen LogP contribution in [0.3, 0.4) is 0 Å². The number of ether oxygens (including phenoxy) is 1. The Balaban J connectivity index is 2.98. The number of anilines is 1. The average molecular weight is 290 g/mol. The van der Waals surface area contributed by atoms with Crippen LogP contribution in [0.5, 0.6) is 0 Å². The summed E-state index contributed by atoms with van der Waals surface area (Å²) >= 11 is 12.1. The summed E-state index contributed by atoms with van der Waals surface area (Å²) in [4.78, 5) is 2.29. The van der Waals surface area contributed by atoms with Crippen LogP contribution in [0.1, 0.15) is 19.4 Å². The van der Waals surface area contributed by atoms with Gasteiger partial charge in [0.2, 0.25) is 0 Å². The van der Waals surface area contributed by atoms with Crippen molar-refractivity contribution in [3.8, 4) is 0 Å². The van der Waals surface area contributed by atoms with Gasteiger partial charge in [-0.3, -0.25) is 0 Å². The first-order valence-corrected chi connectivity index (χ1v) is 7.08. The number of rotatable bonds is 7. The van der Waals surface area contributed by atoms with Gasteiger partial charge in [-0.1, -0.05) is 31.5 Å². The Kier molecular flexibility index (Phi) is 6.83. The highest BCUT2D eigenvalue weighted by Crippen LogP contribution is 2.27. The number of alkyl halides is 1. The molecule has 0 amide bonds. The Hall–Kier alpha value is -0.440. The third-order valence-electron chi connectivity index (χ3n) is 2.68. The molecule has 0 aliphatic heterocycles. The fourth-order valence-electron chi connectivity index (χ4n) is 1.90. The Morgan fingerprint density at radius 1 is 1.33 bits per heavy atom. The molecule has 1 aromatic carbocycles. The summed E-state index contributed by atoms with van der Waals surface area (Å²) in [6.45, 7) is 6.91. The molecule has 102 valence electrons. The summed E-state index contributed by atoms with van der Waals surface area (Å²) in [6, 6.07) is 5.86. The molecule has 0 atom stereocenters. The molecule has 0 fully saturated rings. The zero-order valence-electron chi connectivity index (χ0n) is 11.2. The van der Waals surface area contributed by atoms with E-state index >= 15 is 0 Å². The van der Waals surface area contributed by atoms with Crippen LogP contribution in [0, 0.1) is 5.92 Å². The summed E-state index contributed by atoms with van der Waals surface area (Å²) in [5.41, 5.74) is 2.22. The smallest absolute Gasteiger partial charge is 0.0637 e. The number of hydrogen-bond acceptors (Lipinski definition) is 2. The van der Waals surface area contributed by atoms with Crippen molar-refractivity contribution < 1.29 is 4.74 Å². The molecule has 18 heavy (non-hydrogen) atoms. The predicted molar refractivity (Wildman–Crippen MR) is 79.9 cm³/mol. The van der Waals surface area contributed by atoms with Crippen molar-refractivity contribution in [3.05, 3.63) is 28.8 Å². The molecule has 0 aliphatic rings. The largest absolute Gasteiger partial charge is 0.383 e. The lowest BCUT2D eigenvalue weighted by Crippen LogP contribution is -2.31. The summed E-state index contributed by atoms with van der Waals surface area (Å²) in [7, 11) is 1.72. The van der Waals surface area contributed by atoms with E-state index in [1.54, 1.807) is 7.11 Å². The van der Waals surface area contributed by atoms with Gasteiger partial charge in [-0.05, 0) is 23.6 Å². The average Bonchev–Trinajstić information content (AvgIpc) is 2.34. The third kappa shape index (κ3) is 4.68. The highest BCUT2D eigenvalue weighted by Gasteiger charge is 2.13. The van der Waals surface area contributed by atoms with Crippen molar-refractivity contribution >= 4 is 28.9 Å². The van der Waals surface area contributed by atoms with Gasteiger partial charge in [-0.15, -0.1) is 11.6 Å². The molecular formula is C14H21Cl2NO. The lowest BCUT2D eigenvalue weighted by molar-refractivity contribution is 0.204. The van der Waals surface area contributed by atoms with E-state index < -0.39 is 0 Å². The van der Waals surface area contributed by atoms with Crippen LogP contribution in [0.25, 0.3) is 0 Å². The van der Waals surface area contributed by atoms with Crippen molar-refractivity contribution in [1.29, 1.82) is 0 Å². The minimum absolute atomic E-state index is 0.494. The Bertz CT molecular complexity index is 369. The van der Waals surface area contributed by atoms with E-state index in [1.807, 2.05) is 18.2 Å². The summed E-state index contributed by atoms with van der Waals surface area (Å²) in [5.74, 6) is 1.07. The van der Waals surface area contributed by atoms with Gasteiger partial charge in [-0.25, -0.2) is 0 Å². The quantitative estimate of drug-likeness (QED) is 0.698. The fourth-order valence-corrected chi connectivity index (χ4v) is 2.29. The number of hydrogen-bond donors (Lipinski definition) is 0. The van der Waals surface area contributed by atoms with E-state index in [-0.39, 0.29) is 0 Å². The van der Waals surface area contributed by atoms with Gasteiger partial charge >= 0.3 is 0 Å². The lowest BCUT2D eigenvalue weighted by Gasteiger charge is -2.28. The molecule has 0 aliphatic carbocycles. The van der Waals surface area contributed by atoms with Gasteiger partial charge < -0.3 is 9.64 Å². The minimum atomic E-state index is 0.494. The molecule has 4 heteroatoms.